The lowest BCUT2D eigenvalue weighted by molar-refractivity contribution is 0.102. The molecule has 0 radical (unpaired) electrons. The lowest BCUT2D eigenvalue weighted by Gasteiger charge is -2.09. The Hall–Kier alpha value is -2.27. The summed E-state index contributed by atoms with van der Waals surface area (Å²) in [6, 6.07) is 8.30. The number of carbonyl (C=O) groups excluding carboxylic acids is 1. The molecule has 0 aliphatic rings. The zero-order chi connectivity index (χ0) is 14.5. The monoisotopic (exact) mass is 291 g/mol. The van der Waals surface area contributed by atoms with Crippen LogP contribution in [0.5, 0.6) is 5.88 Å². The Morgan fingerprint density at radius 1 is 1.40 bits per heavy atom. The SMILES string of the molecule is CCOc1ccc(NC(=O)c2cccc(Cl)c2N)cn1. The number of nitrogens with two attached hydrogens (primary N) is 1. The number of rotatable bonds is 4. The van der Waals surface area contributed by atoms with E-state index in [-0.39, 0.29) is 11.6 Å². The van der Waals surface area contributed by atoms with Crippen molar-refractivity contribution in [3.8, 4) is 5.88 Å². The minimum atomic E-state index is -0.337. The number of ether oxygens (including phenoxy) is 1. The number of hydrogen-bond acceptors (Lipinski definition) is 4. The van der Waals surface area contributed by atoms with Gasteiger partial charge in [-0.2, -0.15) is 0 Å². The molecule has 2 aromatic rings. The number of amides is 1. The van der Waals surface area contributed by atoms with E-state index in [0.29, 0.717) is 28.8 Å². The number of anilines is 2. The van der Waals surface area contributed by atoms with Gasteiger partial charge in [-0.15, -0.1) is 0 Å². The molecule has 1 heterocycles. The molecule has 20 heavy (non-hydrogen) atoms. The van der Waals surface area contributed by atoms with Crippen LogP contribution in [0, 0.1) is 0 Å². The van der Waals surface area contributed by atoms with Crippen LogP contribution in [-0.2, 0) is 0 Å². The third kappa shape index (κ3) is 3.19. The molecule has 1 aromatic carbocycles. The van der Waals surface area contributed by atoms with E-state index in [4.69, 9.17) is 22.1 Å². The molecule has 0 saturated carbocycles. The highest BCUT2D eigenvalue weighted by Gasteiger charge is 2.12. The van der Waals surface area contributed by atoms with E-state index >= 15 is 0 Å². The van der Waals surface area contributed by atoms with E-state index in [1.54, 1.807) is 30.3 Å². The van der Waals surface area contributed by atoms with Gasteiger partial charge in [0.2, 0.25) is 5.88 Å². The zero-order valence-electron chi connectivity index (χ0n) is 10.9. The van der Waals surface area contributed by atoms with E-state index in [1.165, 1.54) is 6.20 Å². The summed E-state index contributed by atoms with van der Waals surface area (Å²) in [6.45, 7) is 2.41. The Kier molecular flexibility index (Phi) is 4.42. The summed E-state index contributed by atoms with van der Waals surface area (Å²) in [4.78, 5) is 16.1. The summed E-state index contributed by atoms with van der Waals surface area (Å²) >= 11 is 5.88. The Balaban J connectivity index is 2.13. The maximum Gasteiger partial charge on any atom is 0.257 e. The van der Waals surface area contributed by atoms with E-state index in [1.807, 2.05) is 6.92 Å². The predicted molar refractivity (Wildman–Crippen MR) is 79.2 cm³/mol. The molecule has 0 bridgehead atoms. The molecule has 3 N–H and O–H groups in total. The van der Waals surface area contributed by atoms with Crippen LogP contribution in [0.25, 0.3) is 0 Å². The summed E-state index contributed by atoms with van der Waals surface area (Å²) in [5.41, 5.74) is 6.91. The number of aromatic nitrogens is 1. The second-order valence-electron chi connectivity index (χ2n) is 3.97. The second-order valence-corrected chi connectivity index (χ2v) is 4.38. The third-order valence-corrected chi connectivity index (χ3v) is 2.91. The molecule has 2 rings (SSSR count). The molecule has 104 valence electrons. The number of nitrogens with zero attached hydrogens (tertiary/aromatic N) is 1. The lowest BCUT2D eigenvalue weighted by atomic mass is 10.1. The Morgan fingerprint density at radius 2 is 2.20 bits per heavy atom. The first-order valence-corrected chi connectivity index (χ1v) is 6.43. The molecular formula is C14H14ClN3O2. The first kappa shape index (κ1) is 14.1. The van der Waals surface area contributed by atoms with Crippen LogP contribution in [0.2, 0.25) is 5.02 Å². The van der Waals surface area contributed by atoms with Crippen molar-refractivity contribution < 1.29 is 9.53 Å². The van der Waals surface area contributed by atoms with Gasteiger partial charge in [0, 0.05) is 6.07 Å². The van der Waals surface area contributed by atoms with Crippen molar-refractivity contribution in [2.45, 2.75) is 6.92 Å². The molecule has 5 nitrogen and oxygen atoms in total. The van der Waals surface area contributed by atoms with Crippen molar-refractivity contribution in [2.75, 3.05) is 17.7 Å². The zero-order valence-corrected chi connectivity index (χ0v) is 11.6. The molecular weight excluding hydrogens is 278 g/mol. The van der Waals surface area contributed by atoms with Crippen LogP contribution >= 0.6 is 11.6 Å². The minimum Gasteiger partial charge on any atom is -0.478 e. The molecule has 6 heteroatoms. The number of nitrogen functional groups attached to an aromatic ring is 1. The van der Waals surface area contributed by atoms with Crippen LogP contribution in [0.1, 0.15) is 17.3 Å². The van der Waals surface area contributed by atoms with Crippen molar-refractivity contribution in [3.05, 3.63) is 47.1 Å². The quantitative estimate of drug-likeness (QED) is 0.849. The molecule has 0 aliphatic heterocycles. The number of para-hydroxylation sites is 1. The maximum atomic E-state index is 12.1. The van der Waals surface area contributed by atoms with Crippen LogP contribution in [-0.4, -0.2) is 17.5 Å². The highest BCUT2D eigenvalue weighted by Crippen LogP contribution is 2.23. The number of pyridine rings is 1. The van der Waals surface area contributed by atoms with Crippen LogP contribution in [0.15, 0.2) is 36.5 Å². The summed E-state index contributed by atoms with van der Waals surface area (Å²) in [6.07, 6.45) is 1.52. The molecule has 1 amide bonds. The van der Waals surface area contributed by atoms with Gasteiger partial charge < -0.3 is 15.8 Å². The fourth-order valence-electron chi connectivity index (χ4n) is 1.62. The van der Waals surface area contributed by atoms with Gasteiger partial charge in [0.1, 0.15) is 0 Å². The van der Waals surface area contributed by atoms with Crippen molar-refractivity contribution in [1.82, 2.24) is 4.98 Å². The van der Waals surface area contributed by atoms with Gasteiger partial charge in [-0.05, 0) is 25.1 Å². The molecule has 0 atom stereocenters. The third-order valence-electron chi connectivity index (χ3n) is 2.58. The molecule has 0 aliphatic carbocycles. The van der Waals surface area contributed by atoms with Gasteiger partial charge in [0.05, 0.1) is 34.8 Å². The standard InChI is InChI=1S/C14H14ClN3O2/c1-2-20-12-7-6-9(8-17-12)18-14(19)10-4-3-5-11(15)13(10)16/h3-8H,2,16H2,1H3,(H,18,19). The largest absolute Gasteiger partial charge is 0.478 e. The van der Waals surface area contributed by atoms with Crippen LogP contribution in [0.4, 0.5) is 11.4 Å². The first-order valence-electron chi connectivity index (χ1n) is 6.06. The summed E-state index contributed by atoms with van der Waals surface area (Å²) in [5, 5.41) is 3.05. The topological polar surface area (TPSA) is 77.2 Å². The van der Waals surface area contributed by atoms with Crippen LogP contribution in [0.3, 0.4) is 0 Å². The highest BCUT2D eigenvalue weighted by atomic mass is 35.5. The molecule has 0 unspecified atom stereocenters. The summed E-state index contributed by atoms with van der Waals surface area (Å²) < 4.78 is 5.22. The molecule has 1 aromatic heterocycles. The first-order chi connectivity index (χ1) is 9.61. The number of benzene rings is 1. The second kappa shape index (κ2) is 6.25. The fraction of sp³-hybridized carbons (Fsp3) is 0.143. The van der Waals surface area contributed by atoms with E-state index in [0.717, 1.165) is 0 Å². The van der Waals surface area contributed by atoms with Crippen molar-refractivity contribution in [2.24, 2.45) is 0 Å². The van der Waals surface area contributed by atoms with Crippen LogP contribution < -0.4 is 15.8 Å². The van der Waals surface area contributed by atoms with E-state index in [2.05, 4.69) is 10.3 Å². The molecule has 0 spiro atoms. The van der Waals surface area contributed by atoms with Gasteiger partial charge in [0.15, 0.2) is 0 Å². The number of halogens is 1. The van der Waals surface area contributed by atoms with Gasteiger partial charge >= 0.3 is 0 Å². The van der Waals surface area contributed by atoms with Gasteiger partial charge in [-0.3, -0.25) is 4.79 Å². The van der Waals surface area contributed by atoms with Crippen molar-refractivity contribution in [3.63, 3.8) is 0 Å². The fourth-order valence-corrected chi connectivity index (χ4v) is 1.80. The van der Waals surface area contributed by atoms with Crippen molar-refractivity contribution >= 4 is 28.9 Å². The Bertz CT molecular complexity index is 614. The Labute approximate surface area is 121 Å². The van der Waals surface area contributed by atoms with Crippen molar-refractivity contribution in [1.29, 1.82) is 0 Å². The van der Waals surface area contributed by atoms with Gasteiger partial charge in [-0.25, -0.2) is 4.98 Å². The molecule has 0 saturated heterocycles. The van der Waals surface area contributed by atoms with Gasteiger partial charge in [0.25, 0.3) is 5.91 Å². The average Bonchev–Trinajstić information content (AvgIpc) is 2.44. The summed E-state index contributed by atoms with van der Waals surface area (Å²) in [7, 11) is 0. The summed E-state index contributed by atoms with van der Waals surface area (Å²) in [5.74, 6) is 0.170. The lowest BCUT2D eigenvalue weighted by Crippen LogP contribution is -2.14. The van der Waals surface area contributed by atoms with Gasteiger partial charge in [-0.1, -0.05) is 17.7 Å². The Morgan fingerprint density at radius 3 is 2.85 bits per heavy atom. The smallest absolute Gasteiger partial charge is 0.257 e. The predicted octanol–water partition coefficient (Wildman–Crippen LogP) is 2.97. The minimum absolute atomic E-state index is 0.255. The normalized spacial score (nSPS) is 10.1. The molecule has 0 fully saturated rings. The number of hydrogen-bond donors (Lipinski definition) is 2. The number of carbonyl (C=O) groups is 1. The highest BCUT2D eigenvalue weighted by molar-refractivity contribution is 6.34. The maximum absolute atomic E-state index is 12.1. The average molecular weight is 292 g/mol. The van der Waals surface area contributed by atoms with E-state index in [9.17, 15) is 4.79 Å². The van der Waals surface area contributed by atoms with E-state index < -0.39 is 0 Å². The number of nitrogens with one attached hydrogen (secondary N) is 1.